The van der Waals surface area contributed by atoms with Crippen molar-refractivity contribution < 1.29 is 0 Å². The minimum Gasteiger partial charge on any atom is -0.314 e. The van der Waals surface area contributed by atoms with E-state index in [1.807, 2.05) is 0 Å². The minimum atomic E-state index is 0.301. The van der Waals surface area contributed by atoms with Crippen molar-refractivity contribution in [1.82, 2.24) is 15.5 Å². The van der Waals surface area contributed by atoms with Gasteiger partial charge in [0.25, 0.3) is 0 Å². The van der Waals surface area contributed by atoms with Crippen LogP contribution in [0.5, 0.6) is 0 Å². The molecular weight excluding hydrogens is 268 g/mol. The fourth-order valence-electron chi connectivity index (χ4n) is 1.41. The summed E-state index contributed by atoms with van der Waals surface area (Å²) in [5, 5.41) is 6.60. The van der Waals surface area contributed by atoms with E-state index in [1.54, 1.807) is 0 Å². The molecule has 0 spiro atoms. The number of halogens is 3. The molecule has 0 aromatic rings. The average molecular weight is 291 g/mol. The van der Waals surface area contributed by atoms with E-state index in [1.165, 1.54) is 0 Å². The van der Waals surface area contributed by atoms with Gasteiger partial charge in [0.1, 0.15) is 0 Å². The first kappa shape index (κ1) is 16.8. The maximum atomic E-state index is 5.78. The van der Waals surface area contributed by atoms with Crippen molar-refractivity contribution in [2.75, 3.05) is 50.4 Å². The number of rotatable bonds is 11. The van der Waals surface area contributed by atoms with E-state index in [4.69, 9.17) is 34.8 Å². The van der Waals surface area contributed by atoms with Gasteiger partial charge in [-0.15, -0.1) is 34.8 Å². The zero-order valence-corrected chi connectivity index (χ0v) is 12.1. The van der Waals surface area contributed by atoms with Crippen LogP contribution in [0.3, 0.4) is 0 Å². The highest BCUT2D eigenvalue weighted by molar-refractivity contribution is 6.18. The van der Waals surface area contributed by atoms with Crippen molar-refractivity contribution in [3.05, 3.63) is 0 Å². The Hall–Kier alpha value is 0.750. The van der Waals surface area contributed by atoms with Crippen molar-refractivity contribution in [1.29, 1.82) is 0 Å². The lowest BCUT2D eigenvalue weighted by Gasteiger charge is -2.29. The lowest BCUT2D eigenvalue weighted by molar-refractivity contribution is 0.192. The Balaban J connectivity index is 3.75. The van der Waals surface area contributed by atoms with Crippen LogP contribution in [0.1, 0.15) is 6.92 Å². The van der Waals surface area contributed by atoms with Crippen LogP contribution in [0, 0.1) is 0 Å². The fraction of sp³-hybridized carbons (Fsp3) is 1.00. The molecule has 0 saturated heterocycles. The molecule has 0 aliphatic carbocycles. The molecule has 0 fully saturated rings. The summed E-state index contributed by atoms with van der Waals surface area (Å²) in [5.41, 5.74) is 0. The van der Waals surface area contributed by atoms with E-state index in [2.05, 4.69) is 22.5 Å². The topological polar surface area (TPSA) is 27.3 Å². The predicted molar refractivity (Wildman–Crippen MR) is 74.1 cm³/mol. The second-order valence-electron chi connectivity index (χ2n) is 3.48. The highest BCUT2D eigenvalue weighted by Crippen LogP contribution is 1.96. The summed E-state index contributed by atoms with van der Waals surface area (Å²) in [7, 11) is 0. The number of nitrogens with one attached hydrogen (secondary N) is 2. The Bertz CT molecular complexity index is 149. The third-order valence-corrected chi connectivity index (χ3v) is 2.85. The zero-order valence-electron chi connectivity index (χ0n) is 9.82. The largest absolute Gasteiger partial charge is 0.314 e. The van der Waals surface area contributed by atoms with Gasteiger partial charge in [-0.25, -0.2) is 0 Å². The second kappa shape index (κ2) is 12.2. The van der Waals surface area contributed by atoms with E-state index in [-0.39, 0.29) is 0 Å². The van der Waals surface area contributed by atoms with Gasteiger partial charge in [-0.1, -0.05) is 0 Å². The highest BCUT2D eigenvalue weighted by atomic mass is 35.5. The molecule has 0 bridgehead atoms. The summed E-state index contributed by atoms with van der Waals surface area (Å²) in [6.07, 6.45) is 0.301. The summed E-state index contributed by atoms with van der Waals surface area (Å²) >= 11 is 17.0. The molecule has 0 aromatic carbocycles. The van der Waals surface area contributed by atoms with Crippen LogP contribution in [-0.2, 0) is 0 Å². The summed E-state index contributed by atoms with van der Waals surface area (Å²) in [6, 6.07) is 0. The molecule has 98 valence electrons. The standard InChI is InChI=1S/C10H22Cl3N3/c1-10(15-6-3-12)16(8-4-13)9-7-14-5-2-11/h10,14-15H,2-9H2,1H3. The molecule has 1 unspecified atom stereocenters. The first-order valence-electron chi connectivity index (χ1n) is 5.62. The SMILES string of the molecule is CC(NCCCl)N(CCCl)CCNCCCl. The highest BCUT2D eigenvalue weighted by Gasteiger charge is 2.11. The summed E-state index contributed by atoms with van der Waals surface area (Å²) in [4.78, 5) is 2.29. The molecule has 0 radical (unpaired) electrons. The predicted octanol–water partition coefficient (Wildman–Crippen LogP) is 1.53. The number of alkyl halides is 3. The van der Waals surface area contributed by atoms with E-state index in [0.29, 0.717) is 23.8 Å². The van der Waals surface area contributed by atoms with Crippen molar-refractivity contribution in [3.8, 4) is 0 Å². The van der Waals surface area contributed by atoms with Crippen LogP contribution in [0.25, 0.3) is 0 Å². The van der Waals surface area contributed by atoms with Crippen molar-refractivity contribution in [2.45, 2.75) is 13.1 Å². The molecule has 6 heteroatoms. The maximum Gasteiger partial charge on any atom is 0.0569 e. The van der Waals surface area contributed by atoms with Gasteiger partial charge in [-0.2, -0.15) is 0 Å². The van der Waals surface area contributed by atoms with Crippen molar-refractivity contribution in [2.24, 2.45) is 0 Å². The van der Waals surface area contributed by atoms with Crippen LogP contribution in [-0.4, -0.2) is 61.4 Å². The molecule has 1 atom stereocenters. The number of nitrogens with zero attached hydrogens (tertiary/aromatic N) is 1. The Labute approximate surface area is 114 Å². The Morgan fingerprint density at radius 2 is 1.62 bits per heavy atom. The summed E-state index contributed by atoms with van der Waals surface area (Å²) < 4.78 is 0. The second-order valence-corrected chi connectivity index (χ2v) is 4.62. The first-order valence-corrected chi connectivity index (χ1v) is 7.22. The van der Waals surface area contributed by atoms with E-state index >= 15 is 0 Å². The molecule has 3 nitrogen and oxygen atoms in total. The average Bonchev–Trinajstić information content (AvgIpc) is 2.30. The molecule has 0 amide bonds. The Morgan fingerprint density at radius 3 is 2.19 bits per heavy atom. The summed E-state index contributed by atoms with van der Waals surface area (Å²) in [6.45, 7) is 6.55. The van der Waals surface area contributed by atoms with Crippen molar-refractivity contribution >= 4 is 34.8 Å². The van der Waals surface area contributed by atoms with Crippen LogP contribution >= 0.6 is 34.8 Å². The van der Waals surface area contributed by atoms with Gasteiger partial charge in [-0.05, 0) is 6.92 Å². The lowest BCUT2D eigenvalue weighted by atomic mass is 10.4. The molecule has 2 N–H and O–H groups in total. The lowest BCUT2D eigenvalue weighted by Crippen LogP contribution is -2.47. The molecule has 16 heavy (non-hydrogen) atoms. The van der Waals surface area contributed by atoms with Gasteiger partial charge < -0.3 is 10.6 Å². The molecule has 0 saturated carbocycles. The van der Waals surface area contributed by atoms with Gasteiger partial charge >= 0.3 is 0 Å². The van der Waals surface area contributed by atoms with E-state index in [9.17, 15) is 0 Å². The zero-order chi connectivity index (χ0) is 12.2. The molecule has 0 heterocycles. The molecular formula is C10H22Cl3N3. The monoisotopic (exact) mass is 289 g/mol. The third-order valence-electron chi connectivity index (χ3n) is 2.30. The number of hydrogen-bond acceptors (Lipinski definition) is 3. The minimum absolute atomic E-state index is 0.301. The Kier molecular flexibility index (Phi) is 12.8. The van der Waals surface area contributed by atoms with Crippen LogP contribution in [0.4, 0.5) is 0 Å². The van der Waals surface area contributed by atoms with Gasteiger partial charge in [0.2, 0.25) is 0 Å². The fourth-order valence-corrected chi connectivity index (χ4v) is 1.87. The van der Waals surface area contributed by atoms with Crippen LogP contribution < -0.4 is 10.6 Å². The van der Waals surface area contributed by atoms with E-state index in [0.717, 1.165) is 32.7 Å². The molecule has 0 aromatic heterocycles. The molecule has 0 rings (SSSR count). The normalized spacial score (nSPS) is 13.3. The molecule has 0 aliphatic rings. The maximum absolute atomic E-state index is 5.78. The van der Waals surface area contributed by atoms with Crippen LogP contribution in [0.15, 0.2) is 0 Å². The quantitative estimate of drug-likeness (QED) is 0.343. The van der Waals surface area contributed by atoms with Gasteiger partial charge in [0.15, 0.2) is 0 Å². The smallest absolute Gasteiger partial charge is 0.0569 e. The number of hydrogen-bond donors (Lipinski definition) is 2. The van der Waals surface area contributed by atoms with Crippen LogP contribution in [0.2, 0.25) is 0 Å². The summed E-state index contributed by atoms with van der Waals surface area (Å²) in [5.74, 6) is 1.92. The van der Waals surface area contributed by atoms with Crippen molar-refractivity contribution in [3.63, 3.8) is 0 Å². The van der Waals surface area contributed by atoms with Gasteiger partial charge in [0, 0.05) is 50.4 Å². The third kappa shape index (κ3) is 8.85. The first-order chi connectivity index (χ1) is 7.76. The molecule has 0 aliphatic heterocycles. The Morgan fingerprint density at radius 1 is 0.938 bits per heavy atom. The van der Waals surface area contributed by atoms with E-state index < -0.39 is 0 Å². The van der Waals surface area contributed by atoms with Gasteiger partial charge in [0.05, 0.1) is 6.17 Å². The van der Waals surface area contributed by atoms with Gasteiger partial charge in [-0.3, -0.25) is 4.90 Å².